The summed E-state index contributed by atoms with van der Waals surface area (Å²) >= 11 is 0. The van der Waals surface area contributed by atoms with Crippen LogP contribution in [-0.4, -0.2) is 46.8 Å². The van der Waals surface area contributed by atoms with E-state index in [9.17, 15) is 15.0 Å². The average Bonchev–Trinajstić information content (AvgIpc) is 2.48. The number of hydrogen-bond donors (Lipinski definition) is 2. The molecule has 2 rings (SSSR count). The molecule has 0 bridgehead atoms. The largest absolute Gasteiger partial charge is 0.396 e. The first-order valence-corrected chi connectivity index (χ1v) is 8.18. The fourth-order valence-corrected chi connectivity index (χ4v) is 3.94. The summed E-state index contributed by atoms with van der Waals surface area (Å²) < 4.78 is 0. The normalized spacial score (nSPS) is 35.0. The van der Waals surface area contributed by atoms with Gasteiger partial charge in [-0.1, -0.05) is 26.2 Å². The van der Waals surface area contributed by atoms with Crippen LogP contribution in [0.4, 0.5) is 0 Å². The maximum Gasteiger partial charge on any atom is 0.223 e. The van der Waals surface area contributed by atoms with Gasteiger partial charge in [0.1, 0.15) is 0 Å². The van der Waals surface area contributed by atoms with Crippen LogP contribution in [0.15, 0.2) is 0 Å². The second-order valence-corrected chi connectivity index (χ2v) is 6.65. The van der Waals surface area contributed by atoms with Gasteiger partial charge >= 0.3 is 0 Å². The Balaban J connectivity index is 1.96. The Kier molecular flexibility index (Phi) is 5.85. The number of hydrogen-bond acceptors (Lipinski definition) is 3. The predicted octanol–water partition coefficient (Wildman–Crippen LogP) is 1.79. The van der Waals surface area contributed by atoms with Crippen LogP contribution in [0.2, 0.25) is 0 Å². The van der Waals surface area contributed by atoms with E-state index in [1.54, 1.807) is 0 Å². The van der Waals surface area contributed by atoms with Gasteiger partial charge < -0.3 is 15.1 Å². The van der Waals surface area contributed by atoms with Gasteiger partial charge in [0.05, 0.1) is 12.6 Å². The van der Waals surface area contributed by atoms with Crippen LogP contribution >= 0.6 is 0 Å². The van der Waals surface area contributed by atoms with E-state index in [1.165, 1.54) is 19.3 Å². The number of nitrogens with zero attached hydrogens (tertiary/aromatic N) is 1. The van der Waals surface area contributed by atoms with E-state index in [2.05, 4.69) is 6.92 Å². The van der Waals surface area contributed by atoms with E-state index in [-0.39, 0.29) is 31.1 Å². The van der Waals surface area contributed by atoms with Crippen molar-refractivity contribution in [1.82, 2.24) is 4.90 Å². The highest BCUT2D eigenvalue weighted by Gasteiger charge is 2.35. The van der Waals surface area contributed by atoms with Crippen LogP contribution in [0.1, 0.15) is 51.9 Å². The van der Waals surface area contributed by atoms with Crippen molar-refractivity contribution in [2.75, 3.05) is 19.8 Å². The van der Waals surface area contributed by atoms with Crippen LogP contribution in [0.25, 0.3) is 0 Å². The highest BCUT2D eigenvalue weighted by Crippen LogP contribution is 2.33. The standard InChI is InChI=1S/C16H29NO3/c1-12-5-2-3-6-13(12)9-16(20)17-8-4-7-14(10-18)15(17)11-19/h12-15,18-19H,2-11H2,1H3/t12?,13?,14-,15+/m1/s1. The van der Waals surface area contributed by atoms with Gasteiger partial charge in [0.25, 0.3) is 0 Å². The fraction of sp³-hybridized carbons (Fsp3) is 0.938. The monoisotopic (exact) mass is 283 g/mol. The van der Waals surface area contributed by atoms with Crippen molar-refractivity contribution < 1.29 is 15.0 Å². The van der Waals surface area contributed by atoms with Crippen molar-refractivity contribution in [2.45, 2.75) is 57.9 Å². The minimum atomic E-state index is -0.180. The Hall–Kier alpha value is -0.610. The van der Waals surface area contributed by atoms with E-state index >= 15 is 0 Å². The van der Waals surface area contributed by atoms with Crippen molar-refractivity contribution in [3.63, 3.8) is 0 Å². The Morgan fingerprint density at radius 1 is 1.05 bits per heavy atom. The molecular formula is C16H29NO3. The van der Waals surface area contributed by atoms with Gasteiger partial charge in [-0.25, -0.2) is 0 Å². The summed E-state index contributed by atoms with van der Waals surface area (Å²) in [5.74, 6) is 1.37. The number of rotatable bonds is 4. The quantitative estimate of drug-likeness (QED) is 0.827. The molecule has 0 spiro atoms. The van der Waals surface area contributed by atoms with Crippen molar-refractivity contribution in [3.05, 3.63) is 0 Å². The summed E-state index contributed by atoms with van der Waals surface area (Å²) in [4.78, 5) is 14.4. The van der Waals surface area contributed by atoms with Crippen LogP contribution in [0.5, 0.6) is 0 Å². The van der Waals surface area contributed by atoms with Gasteiger partial charge in [-0.15, -0.1) is 0 Å². The number of amides is 1. The first kappa shape index (κ1) is 15.8. The summed E-state index contributed by atoms with van der Waals surface area (Å²) in [6, 6.07) is -0.180. The molecule has 2 aliphatic rings. The number of likely N-dealkylation sites (tertiary alicyclic amines) is 1. The molecule has 116 valence electrons. The van der Waals surface area contributed by atoms with Crippen LogP contribution in [0.3, 0.4) is 0 Å². The fourth-order valence-electron chi connectivity index (χ4n) is 3.94. The molecule has 1 heterocycles. The van der Waals surface area contributed by atoms with Crippen molar-refractivity contribution >= 4 is 5.91 Å². The third-order valence-electron chi connectivity index (χ3n) is 5.39. The van der Waals surface area contributed by atoms with Gasteiger partial charge in [0.15, 0.2) is 0 Å². The Morgan fingerprint density at radius 2 is 1.75 bits per heavy atom. The lowest BCUT2D eigenvalue weighted by Gasteiger charge is -2.41. The summed E-state index contributed by atoms with van der Waals surface area (Å²) in [6.45, 7) is 3.03. The molecule has 1 saturated heterocycles. The molecule has 4 atom stereocenters. The molecular weight excluding hydrogens is 254 g/mol. The summed E-state index contributed by atoms with van der Waals surface area (Å²) in [5, 5.41) is 19.0. The lowest BCUT2D eigenvalue weighted by atomic mass is 9.78. The van der Waals surface area contributed by atoms with E-state index < -0.39 is 0 Å². The molecule has 0 aromatic carbocycles. The number of aliphatic hydroxyl groups excluding tert-OH is 2. The third kappa shape index (κ3) is 3.53. The molecule has 2 unspecified atom stereocenters. The van der Waals surface area contributed by atoms with Gasteiger partial charge in [-0.3, -0.25) is 4.79 Å². The van der Waals surface area contributed by atoms with Crippen LogP contribution in [-0.2, 0) is 4.79 Å². The van der Waals surface area contributed by atoms with Gasteiger partial charge in [0.2, 0.25) is 5.91 Å². The summed E-state index contributed by atoms with van der Waals surface area (Å²) in [7, 11) is 0. The zero-order valence-electron chi connectivity index (χ0n) is 12.6. The third-order valence-corrected chi connectivity index (χ3v) is 5.39. The van der Waals surface area contributed by atoms with Crippen LogP contribution < -0.4 is 0 Å². The van der Waals surface area contributed by atoms with E-state index in [0.717, 1.165) is 25.8 Å². The molecule has 0 radical (unpaired) electrons. The van der Waals surface area contributed by atoms with E-state index in [4.69, 9.17) is 0 Å². The second kappa shape index (κ2) is 7.41. The smallest absolute Gasteiger partial charge is 0.223 e. The predicted molar refractivity (Wildman–Crippen MR) is 78.1 cm³/mol. The molecule has 0 aromatic rings. The Morgan fingerprint density at radius 3 is 2.40 bits per heavy atom. The first-order chi connectivity index (χ1) is 9.67. The first-order valence-electron chi connectivity index (χ1n) is 8.18. The molecule has 2 fully saturated rings. The highest BCUT2D eigenvalue weighted by atomic mass is 16.3. The van der Waals surface area contributed by atoms with Crippen molar-refractivity contribution in [1.29, 1.82) is 0 Å². The van der Waals surface area contributed by atoms with Gasteiger partial charge in [-0.2, -0.15) is 0 Å². The molecule has 20 heavy (non-hydrogen) atoms. The second-order valence-electron chi connectivity index (χ2n) is 6.65. The zero-order chi connectivity index (χ0) is 14.5. The topological polar surface area (TPSA) is 60.8 Å². The molecule has 4 heteroatoms. The highest BCUT2D eigenvalue weighted by molar-refractivity contribution is 5.77. The maximum absolute atomic E-state index is 12.6. The van der Waals surface area contributed by atoms with Crippen molar-refractivity contribution in [3.8, 4) is 0 Å². The number of carbonyl (C=O) groups is 1. The zero-order valence-corrected chi connectivity index (χ0v) is 12.6. The molecule has 2 N–H and O–H groups in total. The summed E-state index contributed by atoms with van der Waals surface area (Å²) in [6.07, 6.45) is 7.40. The SMILES string of the molecule is CC1CCCCC1CC(=O)N1CCC[C@H](CO)[C@@H]1CO. The molecule has 0 aromatic heterocycles. The molecule has 1 aliphatic carbocycles. The number of piperidine rings is 1. The lowest BCUT2D eigenvalue weighted by Crippen LogP contribution is -2.51. The van der Waals surface area contributed by atoms with Gasteiger partial charge in [-0.05, 0) is 31.1 Å². The number of aliphatic hydroxyl groups is 2. The van der Waals surface area contributed by atoms with Crippen molar-refractivity contribution in [2.24, 2.45) is 17.8 Å². The minimum absolute atomic E-state index is 0.0306. The maximum atomic E-state index is 12.6. The minimum Gasteiger partial charge on any atom is -0.396 e. The van der Waals surface area contributed by atoms with E-state index in [0.29, 0.717) is 18.3 Å². The molecule has 4 nitrogen and oxygen atoms in total. The Labute approximate surface area is 122 Å². The van der Waals surface area contributed by atoms with Crippen LogP contribution in [0, 0.1) is 17.8 Å². The molecule has 1 aliphatic heterocycles. The lowest BCUT2D eigenvalue weighted by molar-refractivity contribution is -0.140. The number of carbonyl (C=O) groups excluding carboxylic acids is 1. The van der Waals surface area contributed by atoms with E-state index in [1.807, 2.05) is 4.90 Å². The Bertz CT molecular complexity index is 321. The van der Waals surface area contributed by atoms with Gasteiger partial charge in [0, 0.05) is 25.5 Å². The molecule has 1 saturated carbocycles. The molecule has 1 amide bonds. The summed E-state index contributed by atoms with van der Waals surface area (Å²) in [5.41, 5.74) is 0. The average molecular weight is 283 g/mol.